The number of fused-ring (bicyclic) bond motifs is 1. The molecule has 0 amide bonds. The SMILES string of the molecule is CC(=O)c1ccc2nc(Oc3ccc(OCC4CC4)cc3C)ccc2c1. The van der Waals surface area contributed by atoms with Crippen molar-refractivity contribution in [3.05, 3.63) is 59.7 Å². The maximum Gasteiger partial charge on any atom is 0.219 e. The lowest BCUT2D eigenvalue weighted by Gasteiger charge is -2.11. The largest absolute Gasteiger partial charge is 0.493 e. The first-order chi connectivity index (χ1) is 12.6. The topological polar surface area (TPSA) is 48.4 Å². The number of aryl methyl sites for hydroxylation is 1. The maximum absolute atomic E-state index is 11.5. The molecule has 132 valence electrons. The van der Waals surface area contributed by atoms with Crippen LogP contribution in [0.5, 0.6) is 17.4 Å². The number of Topliss-reactive ketones (excluding diaryl/α,β-unsaturated/α-hetero) is 1. The number of nitrogens with zero attached hydrogens (tertiary/aromatic N) is 1. The van der Waals surface area contributed by atoms with Gasteiger partial charge in [-0.15, -0.1) is 0 Å². The summed E-state index contributed by atoms with van der Waals surface area (Å²) >= 11 is 0. The maximum atomic E-state index is 11.5. The summed E-state index contributed by atoms with van der Waals surface area (Å²) in [4.78, 5) is 16.0. The monoisotopic (exact) mass is 347 g/mol. The number of aromatic nitrogens is 1. The molecule has 4 rings (SSSR count). The smallest absolute Gasteiger partial charge is 0.219 e. The van der Waals surface area contributed by atoms with Gasteiger partial charge in [0.1, 0.15) is 11.5 Å². The van der Waals surface area contributed by atoms with Crippen molar-refractivity contribution in [3.8, 4) is 17.4 Å². The van der Waals surface area contributed by atoms with Gasteiger partial charge >= 0.3 is 0 Å². The first kappa shape index (κ1) is 16.6. The van der Waals surface area contributed by atoms with Gasteiger partial charge in [0.15, 0.2) is 5.78 Å². The van der Waals surface area contributed by atoms with Crippen molar-refractivity contribution in [1.29, 1.82) is 0 Å². The molecule has 26 heavy (non-hydrogen) atoms. The average molecular weight is 347 g/mol. The van der Waals surface area contributed by atoms with E-state index < -0.39 is 0 Å². The van der Waals surface area contributed by atoms with Crippen LogP contribution in [0.2, 0.25) is 0 Å². The van der Waals surface area contributed by atoms with E-state index in [0.717, 1.165) is 40.5 Å². The number of ketones is 1. The third-order valence-electron chi connectivity index (χ3n) is 4.61. The predicted molar refractivity (Wildman–Crippen MR) is 101 cm³/mol. The highest BCUT2D eigenvalue weighted by atomic mass is 16.5. The van der Waals surface area contributed by atoms with Crippen molar-refractivity contribution in [2.45, 2.75) is 26.7 Å². The minimum absolute atomic E-state index is 0.0480. The molecule has 0 N–H and O–H groups in total. The van der Waals surface area contributed by atoms with E-state index in [1.54, 1.807) is 13.0 Å². The Morgan fingerprint density at radius 1 is 1.12 bits per heavy atom. The van der Waals surface area contributed by atoms with E-state index in [1.165, 1.54) is 12.8 Å². The van der Waals surface area contributed by atoms with Crippen LogP contribution >= 0.6 is 0 Å². The summed E-state index contributed by atoms with van der Waals surface area (Å²) in [6.45, 7) is 4.36. The quantitative estimate of drug-likeness (QED) is 0.566. The summed E-state index contributed by atoms with van der Waals surface area (Å²) in [6, 6.07) is 15.1. The number of carbonyl (C=O) groups excluding carboxylic acids is 1. The Hall–Kier alpha value is -2.88. The molecule has 0 radical (unpaired) electrons. The third-order valence-corrected chi connectivity index (χ3v) is 4.61. The molecule has 1 saturated carbocycles. The van der Waals surface area contributed by atoms with E-state index in [2.05, 4.69) is 4.98 Å². The summed E-state index contributed by atoms with van der Waals surface area (Å²) in [6.07, 6.45) is 2.56. The van der Waals surface area contributed by atoms with Gasteiger partial charge in [0.2, 0.25) is 5.88 Å². The minimum Gasteiger partial charge on any atom is -0.493 e. The summed E-state index contributed by atoms with van der Waals surface area (Å²) in [5.41, 5.74) is 2.49. The van der Waals surface area contributed by atoms with Crippen molar-refractivity contribution in [2.24, 2.45) is 5.92 Å². The number of hydrogen-bond acceptors (Lipinski definition) is 4. The molecule has 4 heteroatoms. The van der Waals surface area contributed by atoms with Crippen molar-refractivity contribution in [3.63, 3.8) is 0 Å². The van der Waals surface area contributed by atoms with Crippen LogP contribution in [0.25, 0.3) is 10.9 Å². The van der Waals surface area contributed by atoms with Crippen LogP contribution in [0.15, 0.2) is 48.5 Å². The highest BCUT2D eigenvalue weighted by Gasteiger charge is 2.22. The molecular formula is C22H21NO3. The van der Waals surface area contributed by atoms with Crippen LogP contribution in [0.4, 0.5) is 0 Å². The standard InChI is InChI=1S/C22H21NO3/c1-14-11-19(25-13-16-3-4-16)7-9-21(14)26-22-10-6-18-12-17(15(2)24)5-8-20(18)23-22/h5-12,16H,3-4,13H2,1-2H3. The van der Waals surface area contributed by atoms with E-state index in [9.17, 15) is 4.79 Å². The van der Waals surface area contributed by atoms with Crippen LogP contribution in [0, 0.1) is 12.8 Å². The van der Waals surface area contributed by atoms with Crippen LogP contribution in [0.1, 0.15) is 35.7 Å². The van der Waals surface area contributed by atoms with Gasteiger partial charge in [-0.1, -0.05) is 0 Å². The highest BCUT2D eigenvalue weighted by molar-refractivity contribution is 5.97. The zero-order valence-corrected chi connectivity index (χ0v) is 15.0. The van der Waals surface area contributed by atoms with Crippen LogP contribution < -0.4 is 9.47 Å². The van der Waals surface area contributed by atoms with E-state index in [0.29, 0.717) is 11.4 Å². The molecule has 2 aromatic carbocycles. The van der Waals surface area contributed by atoms with Crippen molar-refractivity contribution in [2.75, 3.05) is 6.61 Å². The van der Waals surface area contributed by atoms with Crippen molar-refractivity contribution >= 4 is 16.7 Å². The van der Waals surface area contributed by atoms with Gasteiger partial charge in [-0.05, 0) is 80.6 Å². The molecular weight excluding hydrogens is 326 g/mol. The third kappa shape index (κ3) is 3.69. The Bertz CT molecular complexity index is 976. The normalized spacial score (nSPS) is 13.6. The lowest BCUT2D eigenvalue weighted by Crippen LogP contribution is -1.99. The second-order valence-electron chi connectivity index (χ2n) is 6.90. The molecule has 0 bridgehead atoms. The molecule has 3 aromatic rings. The molecule has 1 fully saturated rings. The minimum atomic E-state index is 0.0480. The molecule has 0 atom stereocenters. The summed E-state index contributed by atoms with van der Waals surface area (Å²) < 4.78 is 11.8. The Balaban J connectivity index is 1.52. The van der Waals surface area contributed by atoms with Gasteiger partial charge in [0.05, 0.1) is 12.1 Å². The molecule has 0 saturated heterocycles. The summed E-state index contributed by atoms with van der Waals surface area (Å²) in [5, 5.41) is 0.922. The summed E-state index contributed by atoms with van der Waals surface area (Å²) in [7, 11) is 0. The zero-order chi connectivity index (χ0) is 18.1. The van der Waals surface area contributed by atoms with Crippen molar-refractivity contribution < 1.29 is 14.3 Å². The fourth-order valence-corrected chi connectivity index (χ4v) is 2.82. The van der Waals surface area contributed by atoms with Crippen LogP contribution in [-0.2, 0) is 0 Å². The van der Waals surface area contributed by atoms with Gasteiger partial charge in [0.25, 0.3) is 0 Å². The Morgan fingerprint density at radius 2 is 1.96 bits per heavy atom. The number of carbonyl (C=O) groups is 1. The second-order valence-corrected chi connectivity index (χ2v) is 6.90. The molecule has 0 aliphatic heterocycles. The highest BCUT2D eigenvalue weighted by Crippen LogP contribution is 2.32. The van der Waals surface area contributed by atoms with Gasteiger partial charge in [-0.25, -0.2) is 4.98 Å². The van der Waals surface area contributed by atoms with Gasteiger partial charge in [-0.3, -0.25) is 4.79 Å². The lowest BCUT2D eigenvalue weighted by molar-refractivity contribution is 0.101. The van der Waals surface area contributed by atoms with E-state index in [1.807, 2.05) is 49.4 Å². The Labute approximate surface area is 152 Å². The second kappa shape index (κ2) is 6.79. The fourth-order valence-electron chi connectivity index (χ4n) is 2.82. The first-order valence-corrected chi connectivity index (χ1v) is 8.91. The van der Waals surface area contributed by atoms with Gasteiger partial charge in [0, 0.05) is 17.0 Å². The lowest BCUT2D eigenvalue weighted by atomic mass is 10.1. The zero-order valence-electron chi connectivity index (χ0n) is 15.0. The molecule has 1 aromatic heterocycles. The first-order valence-electron chi connectivity index (χ1n) is 8.91. The van der Waals surface area contributed by atoms with Crippen LogP contribution in [0.3, 0.4) is 0 Å². The Kier molecular flexibility index (Phi) is 4.33. The van der Waals surface area contributed by atoms with Gasteiger partial charge < -0.3 is 9.47 Å². The molecule has 0 spiro atoms. The van der Waals surface area contributed by atoms with E-state index >= 15 is 0 Å². The molecule has 1 heterocycles. The van der Waals surface area contributed by atoms with E-state index in [4.69, 9.17) is 9.47 Å². The predicted octanol–water partition coefficient (Wildman–Crippen LogP) is 5.33. The van der Waals surface area contributed by atoms with Crippen LogP contribution in [-0.4, -0.2) is 17.4 Å². The number of benzene rings is 2. The Morgan fingerprint density at radius 3 is 2.69 bits per heavy atom. The van der Waals surface area contributed by atoms with E-state index in [-0.39, 0.29) is 5.78 Å². The number of hydrogen-bond donors (Lipinski definition) is 0. The number of rotatable bonds is 6. The summed E-state index contributed by atoms with van der Waals surface area (Å²) in [5.74, 6) is 2.95. The van der Waals surface area contributed by atoms with Crippen molar-refractivity contribution in [1.82, 2.24) is 4.98 Å². The van der Waals surface area contributed by atoms with Gasteiger partial charge in [-0.2, -0.15) is 0 Å². The fraction of sp³-hybridized carbons (Fsp3) is 0.273. The molecule has 4 nitrogen and oxygen atoms in total. The number of pyridine rings is 1. The molecule has 0 unspecified atom stereocenters. The number of ether oxygens (including phenoxy) is 2. The molecule has 1 aliphatic carbocycles. The molecule has 1 aliphatic rings. The average Bonchev–Trinajstić information content (AvgIpc) is 3.46.